The van der Waals surface area contributed by atoms with Gasteiger partial charge in [-0.25, -0.2) is 0 Å². The molecule has 10 rings (SSSR count). The lowest BCUT2D eigenvalue weighted by molar-refractivity contribution is -0.137. The third-order valence-electron chi connectivity index (χ3n) is 11.3. The van der Waals surface area contributed by atoms with Crippen LogP contribution in [0.4, 0.5) is 13.2 Å². The predicted octanol–water partition coefficient (Wildman–Crippen LogP) is 13.2. The minimum absolute atomic E-state index is 0.0317. The van der Waals surface area contributed by atoms with E-state index < -0.39 is 11.7 Å². The molecule has 1 aliphatic rings. The number of hydrogen-bond donors (Lipinski definition) is 0. The van der Waals surface area contributed by atoms with Crippen LogP contribution in [0, 0.1) is 39.0 Å². The molecule has 0 atom stereocenters. The molecule has 0 saturated carbocycles. The normalized spacial score (nSPS) is 12.5. The first kappa shape index (κ1) is 33.0. The molecule has 266 valence electrons. The van der Waals surface area contributed by atoms with Crippen molar-refractivity contribution < 1.29 is 13.2 Å². The molecule has 2 heterocycles. The predicted molar refractivity (Wildman–Crippen MR) is 217 cm³/mol. The summed E-state index contributed by atoms with van der Waals surface area (Å²) in [6.45, 7) is 8.40. The third kappa shape index (κ3) is 5.11. The Hall–Kier alpha value is -6.58. The highest BCUT2D eigenvalue weighted by atomic mass is 19.4. The van der Waals surface area contributed by atoms with Crippen LogP contribution in [0.1, 0.15) is 44.5 Å². The Morgan fingerprint density at radius 3 is 1.51 bits per heavy atom. The number of benzene rings is 7. The van der Waals surface area contributed by atoms with Crippen LogP contribution < -0.4 is 0 Å². The molecule has 0 N–H and O–H groups in total. The topological polar surface area (TPSA) is 33.6 Å². The highest BCUT2D eigenvalue weighted by Gasteiger charge is 2.35. The molecular formula is C49H34F3N3. The zero-order valence-electron chi connectivity index (χ0n) is 30.7. The molecule has 3 nitrogen and oxygen atoms in total. The van der Waals surface area contributed by atoms with E-state index in [1.54, 1.807) is 6.07 Å². The first-order chi connectivity index (χ1) is 26.5. The van der Waals surface area contributed by atoms with E-state index in [1.807, 2.05) is 18.2 Å². The van der Waals surface area contributed by atoms with Crippen LogP contribution in [-0.4, -0.2) is 9.13 Å². The average Bonchev–Trinajstić information content (AvgIpc) is 3.82. The Labute approximate surface area is 316 Å². The zero-order valence-corrected chi connectivity index (χ0v) is 30.7. The molecule has 55 heavy (non-hydrogen) atoms. The van der Waals surface area contributed by atoms with Crippen LogP contribution in [0.2, 0.25) is 0 Å². The minimum Gasteiger partial charge on any atom is -0.309 e. The monoisotopic (exact) mass is 721 g/mol. The Morgan fingerprint density at radius 2 is 1.02 bits per heavy atom. The first-order valence-corrected chi connectivity index (χ1v) is 18.4. The average molecular weight is 722 g/mol. The fourth-order valence-corrected chi connectivity index (χ4v) is 8.68. The van der Waals surface area contributed by atoms with Crippen molar-refractivity contribution in [3.05, 3.63) is 166 Å². The van der Waals surface area contributed by atoms with Crippen LogP contribution in [-0.2, 0) is 12.6 Å². The molecule has 0 unspecified atom stereocenters. The fourth-order valence-electron chi connectivity index (χ4n) is 8.68. The van der Waals surface area contributed by atoms with Crippen molar-refractivity contribution in [2.45, 2.75) is 40.3 Å². The number of hydrogen-bond acceptors (Lipinski definition) is 1. The van der Waals surface area contributed by atoms with E-state index in [4.69, 9.17) is 0 Å². The SMILES string of the molecule is Cc1ccc2c(c1)c1cc(C)ccc1n2-c1ccc(-c2ccc(C#N)cc2C(F)(F)F)cc1-c1c(-n2c3ccc(C)cc3c3cc(C)ccc32)ccc2c1C2. The van der Waals surface area contributed by atoms with Gasteiger partial charge in [-0.15, -0.1) is 0 Å². The maximum atomic E-state index is 14.7. The number of aromatic nitrogens is 2. The second kappa shape index (κ2) is 11.7. The molecule has 0 radical (unpaired) electrons. The summed E-state index contributed by atoms with van der Waals surface area (Å²) in [6, 6.07) is 41.9. The fraction of sp³-hybridized carbons (Fsp3) is 0.122. The van der Waals surface area contributed by atoms with E-state index in [2.05, 4.69) is 122 Å². The van der Waals surface area contributed by atoms with Crippen LogP contribution in [0.15, 0.2) is 121 Å². The van der Waals surface area contributed by atoms with Gasteiger partial charge >= 0.3 is 6.18 Å². The number of halogens is 3. The van der Waals surface area contributed by atoms with Crippen LogP contribution in [0.3, 0.4) is 0 Å². The third-order valence-corrected chi connectivity index (χ3v) is 11.3. The van der Waals surface area contributed by atoms with Crippen molar-refractivity contribution >= 4 is 43.6 Å². The Kier molecular flexibility index (Phi) is 7.03. The number of nitriles is 1. The summed E-state index contributed by atoms with van der Waals surface area (Å²) in [4.78, 5) is 0. The minimum atomic E-state index is -4.66. The van der Waals surface area contributed by atoms with Crippen molar-refractivity contribution in [2.75, 3.05) is 0 Å². The van der Waals surface area contributed by atoms with Gasteiger partial charge in [0.2, 0.25) is 0 Å². The van der Waals surface area contributed by atoms with Gasteiger partial charge in [-0.2, -0.15) is 18.4 Å². The highest BCUT2D eigenvalue weighted by molar-refractivity contribution is 6.12. The lowest BCUT2D eigenvalue weighted by Crippen LogP contribution is -2.08. The Morgan fingerprint density at radius 1 is 0.527 bits per heavy atom. The molecule has 0 bridgehead atoms. The van der Waals surface area contributed by atoms with E-state index in [0.717, 1.165) is 89.7 Å². The van der Waals surface area contributed by atoms with E-state index >= 15 is 0 Å². The number of fused-ring (bicyclic) bond motifs is 7. The molecule has 9 aromatic rings. The highest BCUT2D eigenvalue weighted by Crippen LogP contribution is 2.49. The summed E-state index contributed by atoms with van der Waals surface area (Å²) < 4.78 is 48.9. The van der Waals surface area contributed by atoms with E-state index in [1.165, 1.54) is 34.4 Å². The molecule has 7 aromatic carbocycles. The summed E-state index contributed by atoms with van der Waals surface area (Å²) >= 11 is 0. The van der Waals surface area contributed by atoms with Crippen molar-refractivity contribution in [2.24, 2.45) is 0 Å². The smallest absolute Gasteiger partial charge is 0.309 e. The number of rotatable bonds is 4. The lowest BCUT2D eigenvalue weighted by atomic mass is 9.92. The summed E-state index contributed by atoms with van der Waals surface area (Å²) in [5.74, 6) is 0. The van der Waals surface area contributed by atoms with Gasteiger partial charge in [0.25, 0.3) is 0 Å². The molecule has 6 heteroatoms. The summed E-state index contributed by atoms with van der Waals surface area (Å²) in [6.07, 6.45) is -3.86. The molecule has 0 fully saturated rings. The van der Waals surface area contributed by atoms with Gasteiger partial charge in [-0.1, -0.05) is 64.7 Å². The first-order valence-electron chi connectivity index (χ1n) is 18.4. The second-order valence-corrected chi connectivity index (χ2v) is 15.1. The largest absolute Gasteiger partial charge is 0.417 e. The number of aryl methyl sites for hydroxylation is 4. The number of nitrogens with zero attached hydrogens (tertiary/aromatic N) is 3. The van der Waals surface area contributed by atoms with Crippen molar-refractivity contribution in [1.29, 1.82) is 5.26 Å². The second-order valence-electron chi connectivity index (χ2n) is 15.1. The van der Waals surface area contributed by atoms with Gasteiger partial charge < -0.3 is 9.13 Å². The Balaban J connectivity index is 1.35. The van der Waals surface area contributed by atoms with E-state index in [0.29, 0.717) is 5.56 Å². The summed E-state index contributed by atoms with van der Waals surface area (Å²) in [7, 11) is 0. The molecular weight excluding hydrogens is 688 g/mol. The molecule has 0 spiro atoms. The van der Waals surface area contributed by atoms with Crippen molar-refractivity contribution in [1.82, 2.24) is 9.13 Å². The Bertz CT molecular complexity index is 3050. The van der Waals surface area contributed by atoms with Crippen LogP contribution >= 0.6 is 0 Å². The zero-order chi connectivity index (χ0) is 37.9. The van der Waals surface area contributed by atoms with Crippen LogP contribution in [0.5, 0.6) is 0 Å². The standard InChI is InChI=1S/C49H34F3N3/c1-27-5-13-42-36(19-27)37-20-28(2)6-14-43(37)54(42)46-17-10-32(34-12-9-31(26-53)23-41(34)49(50,51)52)25-40(46)48-35-24-33(35)11-18-47(48)55-44-15-7-29(3)21-38(44)39-22-30(4)8-16-45(39)55/h5-23,25H,24H2,1-4H3. The molecule has 2 aromatic heterocycles. The molecule has 1 aliphatic carbocycles. The van der Waals surface area contributed by atoms with Crippen molar-refractivity contribution in [3.8, 4) is 39.7 Å². The van der Waals surface area contributed by atoms with Gasteiger partial charge in [0.1, 0.15) is 0 Å². The van der Waals surface area contributed by atoms with Crippen molar-refractivity contribution in [3.63, 3.8) is 0 Å². The molecule has 0 saturated heterocycles. The van der Waals surface area contributed by atoms with Gasteiger partial charge in [0.15, 0.2) is 0 Å². The van der Waals surface area contributed by atoms with E-state index in [9.17, 15) is 18.4 Å². The maximum absolute atomic E-state index is 14.7. The molecule has 0 aliphatic heterocycles. The van der Waals surface area contributed by atoms with E-state index in [-0.39, 0.29) is 11.1 Å². The van der Waals surface area contributed by atoms with Gasteiger partial charge in [-0.3, -0.25) is 0 Å². The molecule has 0 amide bonds. The quantitative estimate of drug-likeness (QED) is 0.178. The maximum Gasteiger partial charge on any atom is 0.417 e. The van der Waals surface area contributed by atoms with Gasteiger partial charge in [-0.05, 0) is 135 Å². The lowest BCUT2D eigenvalue weighted by Gasteiger charge is -2.21. The van der Waals surface area contributed by atoms with Gasteiger partial charge in [0, 0.05) is 32.7 Å². The summed E-state index contributed by atoms with van der Waals surface area (Å²) in [5, 5.41) is 14.1. The van der Waals surface area contributed by atoms with Crippen LogP contribution in [0.25, 0.3) is 77.2 Å². The summed E-state index contributed by atoms with van der Waals surface area (Å²) in [5.41, 5.74) is 14.6. The van der Waals surface area contributed by atoms with Gasteiger partial charge in [0.05, 0.1) is 50.6 Å². The number of alkyl halides is 3.